The van der Waals surface area contributed by atoms with Gasteiger partial charge >= 0.3 is 0 Å². The van der Waals surface area contributed by atoms with Crippen LogP contribution in [-0.4, -0.2) is 130 Å². The largest absolute Gasteiger partial charge is 0.382 e. The highest BCUT2D eigenvalue weighted by atomic mass is 16.8. The molecular formula is C23H34O14. The molecule has 7 atom stereocenters. The normalized spacial score (nSPS) is 31.2. The Morgan fingerprint density at radius 3 is 1.84 bits per heavy atom. The molecule has 0 aromatic carbocycles. The molecule has 0 radical (unpaired) electrons. The molecule has 14 nitrogen and oxygen atoms in total. The van der Waals surface area contributed by atoms with Crippen molar-refractivity contribution in [3.63, 3.8) is 0 Å². The maximum absolute atomic E-state index is 12.6. The van der Waals surface area contributed by atoms with Crippen LogP contribution in [0.2, 0.25) is 0 Å². The number of hydrogen-bond acceptors (Lipinski definition) is 14. The number of rotatable bonds is 16. The molecule has 5 N–H and O–H groups in total. The number of carbonyl (C=O) groups excluding carboxylic acids is 4. The van der Waals surface area contributed by atoms with Gasteiger partial charge in [0, 0.05) is 0 Å². The molecule has 0 aromatic rings. The molecule has 0 aliphatic carbocycles. The highest BCUT2D eigenvalue weighted by Gasteiger charge is 2.79. The average molecular weight is 535 g/mol. The Morgan fingerprint density at radius 1 is 0.865 bits per heavy atom. The van der Waals surface area contributed by atoms with Gasteiger partial charge < -0.3 is 49.2 Å². The van der Waals surface area contributed by atoms with E-state index in [1.54, 1.807) is 0 Å². The first-order valence-electron chi connectivity index (χ1n) is 11.2. The van der Waals surface area contributed by atoms with Crippen LogP contribution < -0.4 is 0 Å². The average Bonchev–Trinajstić information content (AvgIpc) is 2.82. The molecular weight excluding hydrogens is 500 g/mol. The summed E-state index contributed by atoms with van der Waals surface area (Å²) in [6.07, 6.45) is -4.11. The van der Waals surface area contributed by atoms with Crippen LogP contribution in [0.1, 0.15) is 27.7 Å². The topological polar surface area (TPSA) is 216 Å². The molecule has 0 spiro atoms. The molecule has 0 saturated carbocycles. The van der Waals surface area contributed by atoms with Crippen LogP contribution in [-0.2, 0) is 42.9 Å². The van der Waals surface area contributed by atoms with E-state index in [0.29, 0.717) is 20.8 Å². The van der Waals surface area contributed by atoms with Crippen molar-refractivity contribution in [2.75, 3.05) is 39.6 Å². The van der Waals surface area contributed by atoms with Crippen LogP contribution in [0.25, 0.3) is 0 Å². The van der Waals surface area contributed by atoms with Gasteiger partial charge in [-0.15, -0.1) is 6.42 Å². The van der Waals surface area contributed by atoms with E-state index in [9.17, 15) is 44.7 Å². The maximum atomic E-state index is 12.6. The zero-order chi connectivity index (χ0) is 28.6. The van der Waals surface area contributed by atoms with E-state index in [1.165, 1.54) is 0 Å². The molecule has 1 saturated heterocycles. The zero-order valence-electron chi connectivity index (χ0n) is 21.0. The number of hydrogen-bond donors (Lipinski definition) is 5. The number of ether oxygens (including phenoxy) is 5. The van der Waals surface area contributed by atoms with Crippen molar-refractivity contribution in [2.45, 2.75) is 69.3 Å². The van der Waals surface area contributed by atoms with Gasteiger partial charge in [0.2, 0.25) is 17.5 Å². The summed E-state index contributed by atoms with van der Waals surface area (Å²) in [7, 11) is 0. The van der Waals surface area contributed by atoms with Crippen LogP contribution in [0.5, 0.6) is 0 Å². The van der Waals surface area contributed by atoms with Gasteiger partial charge in [-0.05, 0) is 27.7 Å². The van der Waals surface area contributed by atoms with Crippen LogP contribution in [0.15, 0.2) is 0 Å². The van der Waals surface area contributed by atoms with Gasteiger partial charge in [0.1, 0.15) is 18.8 Å². The standard InChI is InChI=1S/C23H34O14/c1-6-7-33-8-9-34-10-11-35-12-17(28)36-20-22(31,15(4)26)23(32,16(5)27)21(30,14(3)25)19(37-20)18(29)13(2)24/h1,17-20,28-32H,7-12H2,2-5H3/t17?,18?,19-,20+,21-,22-,23+/m1/s1. The van der Waals surface area contributed by atoms with Crippen LogP contribution in [0.3, 0.4) is 0 Å². The molecule has 37 heavy (non-hydrogen) atoms. The highest BCUT2D eigenvalue weighted by molar-refractivity contribution is 6.05. The lowest BCUT2D eigenvalue weighted by Gasteiger charge is -2.58. The van der Waals surface area contributed by atoms with Gasteiger partial charge in [0.25, 0.3) is 0 Å². The molecule has 2 unspecified atom stereocenters. The zero-order valence-corrected chi connectivity index (χ0v) is 21.0. The van der Waals surface area contributed by atoms with Crippen LogP contribution in [0, 0.1) is 12.3 Å². The van der Waals surface area contributed by atoms with Crippen LogP contribution >= 0.6 is 0 Å². The third-order valence-electron chi connectivity index (χ3n) is 5.88. The molecule has 0 amide bonds. The Kier molecular flexibility index (Phi) is 12.1. The van der Waals surface area contributed by atoms with Crippen molar-refractivity contribution in [1.82, 2.24) is 0 Å². The second-order valence-corrected chi connectivity index (χ2v) is 8.39. The first-order chi connectivity index (χ1) is 17.1. The predicted molar refractivity (Wildman–Crippen MR) is 121 cm³/mol. The van der Waals surface area contributed by atoms with Crippen molar-refractivity contribution in [1.29, 1.82) is 0 Å². The van der Waals surface area contributed by atoms with Crippen LogP contribution in [0.4, 0.5) is 0 Å². The second kappa shape index (κ2) is 13.6. The molecule has 210 valence electrons. The first-order valence-corrected chi connectivity index (χ1v) is 11.2. The minimum absolute atomic E-state index is 0.0504. The Labute approximate surface area is 213 Å². The van der Waals surface area contributed by atoms with E-state index in [-0.39, 0.29) is 33.0 Å². The summed E-state index contributed by atoms with van der Waals surface area (Å²) >= 11 is 0. The number of ketones is 4. The van der Waals surface area contributed by atoms with E-state index in [0.717, 1.165) is 6.92 Å². The summed E-state index contributed by atoms with van der Waals surface area (Å²) in [4.78, 5) is 49.5. The van der Waals surface area contributed by atoms with Crippen molar-refractivity contribution in [2.24, 2.45) is 0 Å². The van der Waals surface area contributed by atoms with Crippen molar-refractivity contribution in [3.8, 4) is 12.3 Å². The van der Waals surface area contributed by atoms with E-state index >= 15 is 0 Å². The van der Waals surface area contributed by atoms with Crippen molar-refractivity contribution in [3.05, 3.63) is 0 Å². The molecule has 14 heteroatoms. The Hall–Kier alpha value is -2.16. The fourth-order valence-corrected chi connectivity index (χ4v) is 3.89. The quantitative estimate of drug-likeness (QED) is 0.0743. The molecule has 1 aliphatic heterocycles. The Morgan fingerprint density at radius 2 is 1.38 bits per heavy atom. The van der Waals surface area contributed by atoms with Gasteiger partial charge in [-0.1, -0.05) is 5.92 Å². The number of terminal acetylenes is 1. The van der Waals surface area contributed by atoms with Gasteiger partial charge in [0.15, 0.2) is 35.0 Å². The molecule has 1 aliphatic rings. The van der Waals surface area contributed by atoms with E-state index in [4.69, 9.17) is 30.1 Å². The van der Waals surface area contributed by atoms with Gasteiger partial charge in [-0.25, -0.2) is 0 Å². The SMILES string of the molecule is C#CCOCCOCCOCC(O)O[C@H]1O[C@H](C(O)C(C)=O)[C@](O)(C(C)=O)[C@@](O)(C(C)=O)[C@@]1(O)C(C)=O. The molecule has 1 rings (SSSR count). The molecule has 0 bridgehead atoms. The fourth-order valence-electron chi connectivity index (χ4n) is 3.89. The smallest absolute Gasteiger partial charge is 0.213 e. The van der Waals surface area contributed by atoms with Gasteiger partial charge in [0.05, 0.1) is 33.0 Å². The summed E-state index contributed by atoms with van der Waals surface area (Å²) in [5, 5.41) is 54.4. The number of aliphatic hydroxyl groups excluding tert-OH is 2. The van der Waals surface area contributed by atoms with E-state index in [2.05, 4.69) is 5.92 Å². The minimum atomic E-state index is -3.67. The molecule has 0 aromatic heterocycles. The first kappa shape index (κ1) is 32.9. The Bertz CT molecular complexity index is 883. The van der Waals surface area contributed by atoms with Crippen molar-refractivity contribution < 1.29 is 68.4 Å². The highest BCUT2D eigenvalue weighted by Crippen LogP contribution is 2.48. The molecule has 1 heterocycles. The monoisotopic (exact) mass is 534 g/mol. The lowest BCUT2D eigenvalue weighted by atomic mass is 9.60. The maximum Gasteiger partial charge on any atom is 0.213 e. The van der Waals surface area contributed by atoms with E-state index < -0.39 is 71.3 Å². The number of carbonyl (C=O) groups is 4. The summed E-state index contributed by atoms with van der Waals surface area (Å²) in [5.41, 5.74) is -10.6. The summed E-state index contributed by atoms with van der Waals surface area (Å²) in [6.45, 7) is 2.91. The van der Waals surface area contributed by atoms with Gasteiger partial charge in [-0.3, -0.25) is 19.2 Å². The van der Waals surface area contributed by atoms with Crippen molar-refractivity contribution >= 4 is 23.1 Å². The minimum Gasteiger partial charge on any atom is -0.382 e. The number of Topliss-reactive ketones (excluding diaryl/α,β-unsaturated/α-hetero) is 4. The van der Waals surface area contributed by atoms with E-state index in [1.807, 2.05) is 0 Å². The third kappa shape index (κ3) is 6.47. The summed E-state index contributed by atoms with van der Waals surface area (Å²) in [6, 6.07) is 0. The Balaban J connectivity index is 3.15. The summed E-state index contributed by atoms with van der Waals surface area (Å²) in [5.74, 6) is -3.08. The summed E-state index contributed by atoms with van der Waals surface area (Å²) < 4.78 is 25.7. The predicted octanol–water partition coefficient (Wildman–Crippen LogP) is -3.36. The fraction of sp³-hybridized carbons (Fsp3) is 0.739. The van der Waals surface area contributed by atoms with Gasteiger partial charge in [-0.2, -0.15) is 0 Å². The number of aliphatic hydroxyl groups is 5. The second-order valence-electron chi connectivity index (χ2n) is 8.39. The lowest BCUT2D eigenvalue weighted by Crippen LogP contribution is -2.87. The third-order valence-corrected chi connectivity index (χ3v) is 5.88. The lowest BCUT2D eigenvalue weighted by molar-refractivity contribution is -0.391. The molecule has 1 fully saturated rings.